The quantitative estimate of drug-likeness (QED) is 0.643. The summed E-state index contributed by atoms with van der Waals surface area (Å²) in [5.41, 5.74) is 2.25. The zero-order valence-corrected chi connectivity index (χ0v) is 17.6. The van der Waals surface area contributed by atoms with Gasteiger partial charge in [-0.15, -0.1) is 0 Å². The number of aromatic nitrogens is 1. The van der Waals surface area contributed by atoms with E-state index in [2.05, 4.69) is 15.2 Å². The van der Waals surface area contributed by atoms with Gasteiger partial charge in [0.15, 0.2) is 5.69 Å². The SMILES string of the molecule is Cc1oc(-c2ccccc2)nc1C(=O)NCC(c1ccc(Cl)cc1)N1CCOCC1. The molecule has 2 aromatic carbocycles. The molecule has 7 heteroatoms. The molecule has 4 rings (SSSR count). The molecule has 1 aromatic heterocycles. The first-order valence-electron chi connectivity index (χ1n) is 10.00. The van der Waals surface area contributed by atoms with E-state index in [9.17, 15) is 4.79 Å². The van der Waals surface area contributed by atoms with Crippen LogP contribution in [0.25, 0.3) is 11.5 Å². The van der Waals surface area contributed by atoms with Crippen molar-refractivity contribution in [3.8, 4) is 11.5 Å². The number of hydrogen-bond donors (Lipinski definition) is 1. The van der Waals surface area contributed by atoms with Gasteiger partial charge in [-0.05, 0) is 36.8 Å². The number of carbonyl (C=O) groups is 1. The Hall–Kier alpha value is -2.67. The van der Waals surface area contributed by atoms with Crippen LogP contribution in [0, 0.1) is 6.92 Å². The van der Waals surface area contributed by atoms with Crippen LogP contribution in [0.4, 0.5) is 0 Å². The first kappa shape index (κ1) is 20.6. The van der Waals surface area contributed by atoms with E-state index < -0.39 is 0 Å². The van der Waals surface area contributed by atoms with Gasteiger partial charge in [-0.2, -0.15) is 0 Å². The molecular formula is C23H24ClN3O3. The largest absolute Gasteiger partial charge is 0.441 e. The minimum absolute atomic E-state index is 0.0240. The van der Waals surface area contributed by atoms with Gasteiger partial charge in [-0.3, -0.25) is 9.69 Å². The highest BCUT2D eigenvalue weighted by Crippen LogP contribution is 2.24. The smallest absolute Gasteiger partial charge is 0.273 e. The van der Waals surface area contributed by atoms with Crippen molar-refractivity contribution in [1.29, 1.82) is 0 Å². The lowest BCUT2D eigenvalue weighted by Crippen LogP contribution is -2.43. The van der Waals surface area contributed by atoms with Crippen molar-refractivity contribution in [2.45, 2.75) is 13.0 Å². The molecule has 0 aliphatic carbocycles. The highest BCUT2D eigenvalue weighted by atomic mass is 35.5. The monoisotopic (exact) mass is 425 g/mol. The van der Waals surface area contributed by atoms with Crippen LogP contribution in [-0.2, 0) is 4.74 Å². The number of morpholine rings is 1. The molecule has 0 saturated carbocycles. The van der Waals surface area contributed by atoms with Crippen molar-refractivity contribution in [1.82, 2.24) is 15.2 Å². The van der Waals surface area contributed by atoms with E-state index in [1.807, 2.05) is 54.6 Å². The number of ether oxygens (including phenoxy) is 1. The summed E-state index contributed by atoms with van der Waals surface area (Å²) in [7, 11) is 0. The molecule has 1 amide bonds. The Bertz CT molecular complexity index is 983. The van der Waals surface area contributed by atoms with Crippen LogP contribution >= 0.6 is 11.6 Å². The molecular weight excluding hydrogens is 402 g/mol. The summed E-state index contributed by atoms with van der Waals surface area (Å²) in [5.74, 6) is 0.701. The Morgan fingerprint density at radius 1 is 1.13 bits per heavy atom. The van der Waals surface area contributed by atoms with Crippen LogP contribution in [0.1, 0.15) is 27.9 Å². The average molecular weight is 426 g/mol. The zero-order valence-electron chi connectivity index (χ0n) is 16.8. The molecule has 1 saturated heterocycles. The van der Waals surface area contributed by atoms with Gasteiger partial charge in [0.2, 0.25) is 5.89 Å². The molecule has 1 aliphatic rings. The summed E-state index contributed by atoms with van der Waals surface area (Å²) in [4.78, 5) is 19.6. The predicted molar refractivity (Wildman–Crippen MR) is 116 cm³/mol. The minimum Gasteiger partial charge on any atom is -0.441 e. The maximum atomic E-state index is 12.9. The van der Waals surface area contributed by atoms with Gasteiger partial charge in [-0.1, -0.05) is 41.9 Å². The van der Waals surface area contributed by atoms with Gasteiger partial charge in [-0.25, -0.2) is 4.98 Å². The third-order valence-corrected chi connectivity index (χ3v) is 5.48. The summed E-state index contributed by atoms with van der Waals surface area (Å²) in [6.45, 7) is 5.19. The van der Waals surface area contributed by atoms with E-state index in [1.165, 1.54) is 0 Å². The second-order valence-electron chi connectivity index (χ2n) is 7.22. The molecule has 3 aromatic rings. The van der Waals surface area contributed by atoms with Gasteiger partial charge in [0.05, 0.1) is 19.3 Å². The number of carbonyl (C=O) groups excluding carboxylic acids is 1. The maximum Gasteiger partial charge on any atom is 0.273 e. The van der Waals surface area contributed by atoms with E-state index in [0.717, 1.165) is 24.2 Å². The second-order valence-corrected chi connectivity index (χ2v) is 7.65. The lowest BCUT2D eigenvalue weighted by atomic mass is 10.0. The molecule has 0 bridgehead atoms. The van der Waals surface area contributed by atoms with Crippen LogP contribution in [0.2, 0.25) is 5.02 Å². The molecule has 0 radical (unpaired) electrons. The Kier molecular flexibility index (Phi) is 6.47. The number of hydrogen-bond acceptors (Lipinski definition) is 5. The van der Waals surface area contributed by atoms with Crippen LogP contribution < -0.4 is 5.32 Å². The molecule has 6 nitrogen and oxygen atoms in total. The number of nitrogens with zero attached hydrogens (tertiary/aromatic N) is 2. The molecule has 30 heavy (non-hydrogen) atoms. The van der Waals surface area contributed by atoms with Gasteiger partial charge in [0.25, 0.3) is 5.91 Å². The number of aryl methyl sites for hydroxylation is 1. The van der Waals surface area contributed by atoms with Crippen molar-refractivity contribution in [2.75, 3.05) is 32.8 Å². The number of rotatable bonds is 6. The Morgan fingerprint density at radius 2 is 1.83 bits per heavy atom. The van der Waals surface area contributed by atoms with Crippen molar-refractivity contribution < 1.29 is 13.9 Å². The first-order chi connectivity index (χ1) is 14.6. The number of nitrogens with one attached hydrogen (secondary N) is 1. The van der Waals surface area contributed by atoms with Crippen molar-refractivity contribution in [2.24, 2.45) is 0 Å². The number of oxazole rings is 1. The topological polar surface area (TPSA) is 67.6 Å². The fourth-order valence-electron chi connectivity index (χ4n) is 3.62. The van der Waals surface area contributed by atoms with Crippen molar-refractivity contribution in [3.05, 3.63) is 76.6 Å². The maximum absolute atomic E-state index is 12.9. The summed E-state index contributed by atoms with van der Waals surface area (Å²) in [5, 5.41) is 3.73. The van der Waals surface area contributed by atoms with Gasteiger partial charge < -0.3 is 14.5 Å². The van der Waals surface area contributed by atoms with Crippen LogP contribution in [0.15, 0.2) is 59.0 Å². The first-order valence-corrected chi connectivity index (χ1v) is 10.4. The van der Waals surface area contributed by atoms with E-state index >= 15 is 0 Å². The number of amides is 1. The van der Waals surface area contributed by atoms with Gasteiger partial charge >= 0.3 is 0 Å². The molecule has 1 atom stereocenters. The van der Waals surface area contributed by atoms with Crippen LogP contribution in [-0.4, -0.2) is 48.6 Å². The summed E-state index contributed by atoms with van der Waals surface area (Å²) in [6, 6.07) is 17.3. The highest BCUT2D eigenvalue weighted by Gasteiger charge is 2.25. The zero-order chi connectivity index (χ0) is 20.9. The van der Waals surface area contributed by atoms with E-state index in [-0.39, 0.29) is 11.9 Å². The second kappa shape index (κ2) is 9.43. The van der Waals surface area contributed by atoms with E-state index in [4.69, 9.17) is 20.8 Å². The Labute approximate surface area is 180 Å². The summed E-state index contributed by atoms with van der Waals surface area (Å²) in [6.07, 6.45) is 0. The molecule has 2 heterocycles. The third kappa shape index (κ3) is 4.73. The average Bonchev–Trinajstić information content (AvgIpc) is 3.18. The lowest BCUT2D eigenvalue weighted by Gasteiger charge is -2.34. The summed E-state index contributed by atoms with van der Waals surface area (Å²) >= 11 is 6.06. The van der Waals surface area contributed by atoms with Crippen molar-refractivity contribution in [3.63, 3.8) is 0 Å². The highest BCUT2D eigenvalue weighted by molar-refractivity contribution is 6.30. The van der Waals surface area contributed by atoms with Gasteiger partial charge in [0.1, 0.15) is 5.76 Å². The minimum atomic E-state index is -0.245. The lowest BCUT2D eigenvalue weighted by molar-refractivity contribution is 0.0162. The van der Waals surface area contributed by atoms with Gasteiger partial charge in [0, 0.05) is 30.2 Å². The normalized spacial score (nSPS) is 15.7. The fraction of sp³-hybridized carbons (Fsp3) is 0.304. The van der Waals surface area contributed by atoms with Crippen LogP contribution in [0.5, 0.6) is 0 Å². The third-order valence-electron chi connectivity index (χ3n) is 5.23. The molecule has 1 N–H and O–H groups in total. The fourth-order valence-corrected chi connectivity index (χ4v) is 3.74. The van der Waals surface area contributed by atoms with Crippen LogP contribution in [0.3, 0.4) is 0 Å². The Balaban J connectivity index is 1.50. The summed E-state index contributed by atoms with van der Waals surface area (Å²) < 4.78 is 11.2. The predicted octanol–water partition coefficient (Wildman–Crippen LogP) is 4.11. The Morgan fingerprint density at radius 3 is 2.53 bits per heavy atom. The standard InChI is InChI=1S/C23H24ClN3O3/c1-16-21(26-23(30-16)18-5-3-2-4-6-18)22(28)25-15-20(27-11-13-29-14-12-27)17-7-9-19(24)10-8-17/h2-10,20H,11-15H2,1H3,(H,25,28). The van der Waals surface area contributed by atoms with E-state index in [1.54, 1.807) is 6.92 Å². The molecule has 1 unspecified atom stereocenters. The molecule has 0 spiro atoms. The number of halogens is 1. The molecule has 156 valence electrons. The van der Waals surface area contributed by atoms with E-state index in [0.29, 0.717) is 42.1 Å². The van der Waals surface area contributed by atoms with Crippen molar-refractivity contribution >= 4 is 17.5 Å². The number of benzene rings is 2. The molecule has 1 aliphatic heterocycles. The molecule has 1 fully saturated rings.